The molecule has 0 heterocycles. The second kappa shape index (κ2) is 5.46. The van der Waals surface area contributed by atoms with Crippen LogP contribution in [-0.4, -0.2) is 16.9 Å². The molecule has 0 radical (unpaired) electrons. The fraction of sp³-hybridized carbons (Fsp3) is 0.846. The molecule has 0 bridgehead atoms. The molecule has 3 heteroatoms. The van der Waals surface area contributed by atoms with Crippen LogP contribution < -0.4 is 0 Å². The minimum atomic E-state index is -1.05. The Kier molecular flexibility index (Phi) is 4.51. The van der Waals surface area contributed by atoms with Crippen molar-refractivity contribution >= 4 is 11.8 Å². The summed E-state index contributed by atoms with van der Waals surface area (Å²) in [5, 5.41) is 9.30. The summed E-state index contributed by atoms with van der Waals surface area (Å²) in [5.74, 6) is -0.375. The standard InChI is InChI=1S/C13H22O3/c1-10(2)6-5-9-13(12(15)16)8-4-3-7-11(13)14/h10H,3-9H2,1-2H3,(H,15,16). The Balaban J connectivity index is 2.64. The Hall–Kier alpha value is -0.860. The molecule has 1 saturated carbocycles. The average molecular weight is 226 g/mol. The highest BCUT2D eigenvalue weighted by molar-refractivity contribution is 6.03. The third-order valence-corrected chi connectivity index (χ3v) is 3.59. The molecule has 0 aliphatic heterocycles. The predicted octanol–water partition coefficient (Wildman–Crippen LogP) is 3.03. The number of Topliss-reactive ketones (excluding diaryl/α,β-unsaturated/α-hetero) is 1. The van der Waals surface area contributed by atoms with Gasteiger partial charge in [0, 0.05) is 6.42 Å². The first-order valence-electron chi connectivity index (χ1n) is 6.26. The number of hydrogen-bond acceptors (Lipinski definition) is 2. The summed E-state index contributed by atoms with van der Waals surface area (Å²) in [7, 11) is 0. The minimum absolute atomic E-state index is 0.0463. The maximum atomic E-state index is 11.9. The van der Waals surface area contributed by atoms with Crippen LogP contribution in [0, 0.1) is 11.3 Å². The van der Waals surface area contributed by atoms with Crippen LogP contribution in [-0.2, 0) is 9.59 Å². The van der Waals surface area contributed by atoms with Gasteiger partial charge in [0.25, 0.3) is 0 Å². The second-order valence-electron chi connectivity index (χ2n) is 5.30. The SMILES string of the molecule is CC(C)CCCC1(C(=O)O)CCCCC1=O. The second-order valence-corrected chi connectivity index (χ2v) is 5.30. The molecule has 0 aromatic carbocycles. The van der Waals surface area contributed by atoms with Crippen molar-refractivity contribution in [3.63, 3.8) is 0 Å². The van der Waals surface area contributed by atoms with Gasteiger partial charge in [-0.2, -0.15) is 0 Å². The van der Waals surface area contributed by atoms with E-state index in [0.717, 1.165) is 25.7 Å². The van der Waals surface area contributed by atoms with E-state index in [-0.39, 0.29) is 5.78 Å². The molecule has 1 atom stereocenters. The van der Waals surface area contributed by atoms with Crippen molar-refractivity contribution < 1.29 is 14.7 Å². The third kappa shape index (κ3) is 2.83. The van der Waals surface area contributed by atoms with Gasteiger partial charge in [-0.1, -0.05) is 33.1 Å². The monoisotopic (exact) mass is 226 g/mol. The number of rotatable bonds is 5. The Morgan fingerprint density at radius 3 is 2.62 bits per heavy atom. The van der Waals surface area contributed by atoms with Gasteiger partial charge in [-0.15, -0.1) is 0 Å². The lowest BCUT2D eigenvalue weighted by Gasteiger charge is -2.31. The smallest absolute Gasteiger partial charge is 0.317 e. The van der Waals surface area contributed by atoms with Crippen molar-refractivity contribution in [2.75, 3.05) is 0 Å². The lowest BCUT2D eigenvalue weighted by molar-refractivity contribution is -0.157. The van der Waals surface area contributed by atoms with Crippen molar-refractivity contribution in [3.05, 3.63) is 0 Å². The number of aliphatic carboxylic acids is 1. The summed E-state index contributed by atoms with van der Waals surface area (Å²) in [6.07, 6.45) is 5.10. The van der Waals surface area contributed by atoms with Crippen LogP contribution in [0.25, 0.3) is 0 Å². The fourth-order valence-electron chi connectivity index (χ4n) is 2.50. The van der Waals surface area contributed by atoms with E-state index in [0.29, 0.717) is 25.2 Å². The molecule has 0 amide bonds. The zero-order valence-electron chi connectivity index (χ0n) is 10.3. The lowest BCUT2D eigenvalue weighted by Crippen LogP contribution is -2.41. The van der Waals surface area contributed by atoms with Crippen molar-refractivity contribution in [2.24, 2.45) is 11.3 Å². The topological polar surface area (TPSA) is 54.4 Å². The van der Waals surface area contributed by atoms with Gasteiger partial charge in [0.15, 0.2) is 0 Å². The van der Waals surface area contributed by atoms with E-state index < -0.39 is 11.4 Å². The van der Waals surface area contributed by atoms with E-state index in [1.54, 1.807) is 0 Å². The molecule has 92 valence electrons. The average Bonchev–Trinajstić information content (AvgIpc) is 2.20. The van der Waals surface area contributed by atoms with Gasteiger partial charge < -0.3 is 5.11 Å². The number of ketones is 1. The van der Waals surface area contributed by atoms with Gasteiger partial charge in [-0.25, -0.2) is 0 Å². The number of hydrogen-bond donors (Lipinski definition) is 1. The summed E-state index contributed by atoms with van der Waals surface area (Å²) in [6.45, 7) is 4.24. The molecule has 0 aromatic rings. The van der Waals surface area contributed by atoms with Gasteiger partial charge in [0.05, 0.1) is 0 Å². The van der Waals surface area contributed by atoms with Crippen LogP contribution in [0.4, 0.5) is 0 Å². The Labute approximate surface area is 97.2 Å². The molecule has 1 unspecified atom stereocenters. The van der Waals surface area contributed by atoms with Gasteiger partial charge >= 0.3 is 5.97 Å². The van der Waals surface area contributed by atoms with Gasteiger partial charge in [-0.05, 0) is 25.2 Å². The normalized spacial score (nSPS) is 26.1. The highest BCUT2D eigenvalue weighted by Gasteiger charge is 2.45. The molecule has 0 saturated heterocycles. The van der Waals surface area contributed by atoms with Gasteiger partial charge in [0.1, 0.15) is 11.2 Å². The van der Waals surface area contributed by atoms with Crippen LogP contribution in [0.2, 0.25) is 0 Å². The minimum Gasteiger partial charge on any atom is -0.480 e. The van der Waals surface area contributed by atoms with E-state index in [1.165, 1.54) is 0 Å². The van der Waals surface area contributed by atoms with E-state index in [2.05, 4.69) is 13.8 Å². The molecular weight excluding hydrogens is 204 g/mol. The summed E-state index contributed by atoms with van der Waals surface area (Å²) >= 11 is 0. The molecule has 1 N–H and O–H groups in total. The molecule has 0 spiro atoms. The highest BCUT2D eigenvalue weighted by Crippen LogP contribution is 2.38. The molecule has 0 aromatic heterocycles. The molecule has 16 heavy (non-hydrogen) atoms. The van der Waals surface area contributed by atoms with E-state index in [1.807, 2.05) is 0 Å². The first-order valence-corrected chi connectivity index (χ1v) is 6.26. The molecule has 1 fully saturated rings. The molecule has 1 aliphatic carbocycles. The molecule has 3 nitrogen and oxygen atoms in total. The molecule has 1 rings (SSSR count). The van der Waals surface area contributed by atoms with Crippen molar-refractivity contribution in [1.82, 2.24) is 0 Å². The summed E-state index contributed by atoms with van der Waals surface area (Å²) in [6, 6.07) is 0. The zero-order chi connectivity index (χ0) is 12.2. The quantitative estimate of drug-likeness (QED) is 0.733. The largest absolute Gasteiger partial charge is 0.480 e. The van der Waals surface area contributed by atoms with Gasteiger partial charge in [-0.3, -0.25) is 9.59 Å². The van der Waals surface area contributed by atoms with Crippen LogP contribution in [0.3, 0.4) is 0 Å². The van der Waals surface area contributed by atoms with Crippen molar-refractivity contribution in [1.29, 1.82) is 0 Å². The Bertz CT molecular complexity index is 270. The number of carboxylic acids is 1. The summed E-state index contributed by atoms with van der Waals surface area (Å²) in [4.78, 5) is 23.2. The van der Waals surface area contributed by atoms with E-state index >= 15 is 0 Å². The first-order chi connectivity index (χ1) is 7.49. The zero-order valence-corrected chi connectivity index (χ0v) is 10.3. The number of carbonyl (C=O) groups is 2. The molecule has 1 aliphatic rings. The van der Waals surface area contributed by atoms with Crippen molar-refractivity contribution in [2.45, 2.75) is 58.8 Å². The number of carboxylic acid groups (broad SMARTS) is 1. The summed E-state index contributed by atoms with van der Waals surface area (Å²) in [5.41, 5.74) is -1.05. The Morgan fingerprint density at radius 1 is 1.44 bits per heavy atom. The third-order valence-electron chi connectivity index (χ3n) is 3.59. The maximum Gasteiger partial charge on any atom is 0.317 e. The number of carbonyl (C=O) groups excluding carboxylic acids is 1. The summed E-state index contributed by atoms with van der Waals surface area (Å²) < 4.78 is 0. The van der Waals surface area contributed by atoms with E-state index in [9.17, 15) is 14.7 Å². The van der Waals surface area contributed by atoms with Crippen LogP contribution in [0.1, 0.15) is 58.8 Å². The van der Waals surface area contributed by atoms with Crippen LogP contribution >= 0.6 is 0 Å². The van der Waals surface area contributed by atoms with Gasteiger partial charge in [0.2, 0.25) is 0 Å². The highest BCUT2D eigenvalue weighted by atomic mass is 16.4. The maximum absolute atomic E-state index is 11.9. The van der Waals surface area contributed by atoms with Crippen molar-refractivity contribution in [3.8, 4) is 0 Å². The Morgan fingerprint density at radius 2 is 2.12 bits per heavy atom. The first kappa shape index (κ1) is 13.2. The fourth-order valence-corrected chi connectivity index (χ4v) is 2.50. The predicted molar refractivity (Wildman–Crippen MR) is 62.2 cm³/mol. The van der Waals surface area contributed by atoms with Crippen LogP contribution in [0.15, 0.2) is 0 Å². The molecular formula is C13H22O3. The van der Waals surface area contributed by atoms with E-state index in [4.69, 9.17) is 0 Å². The van der Waals surface area contributed by atoms with Crippen LogP contribution in [0.5, 0.6) is 0 Å². The lowest BCUT2D eigenvalue weighted by atomic mass is 9.70.